The van der Waals surface area contributed by atoms with Crippen LogP contribution in [0.3, 0.4) is 0 Å². The molecule has 3 rings (SSSR count). The van der Waals surface area contributed by atoms with Gasteiger partial charge in [0, 0.05) is 22.1 Å². The standard InChI is InChI=1S/C17H13BrN2O2S/c18-12-8-6-11(7-9-12)15(21)10-14-16(22)19-17(23)20(14)13-4-2-1-3-5-13/h1-9,14H,10H2,(H,19,22,23). The Kier molecular flexibility index (Phi) is 4.54. The SMILES string of the molecule is O=C(CC1C(=O)NC(=S)N1c1ccccc1)c1ccc(Br)cc1. The van der Waals surface area contributed by atoms with Crippen LogP contribution in [-0.4, -0.2) is 22.8 Å². The van der Waals surface area contributed by atoms with Gasteiger partial charge in [-0.15, -0.1) is 0 Å². The van der Waals surface area contributed by atoms with Gasteiger partial charge in [0.1, 0.15) is 6.04 Å². The van der Waals surface area contributed by atoms with Crippen molar-refractivity contribution in [2.75, 3.05) is 4.90 Å². The second-order valence-corrected chi connectivity index (χ2v) is 6.45. The van der Waals surface area contributed by atoms with Crippen molar-refractivity contribution in [2.24, 2.45) is 0 Å². The minimum absolute atomic E-state index is 0.0719. The Balaban J connectivity index is 1.84. The zero-order valence-corrected chi connectivity index (χ0v) is 14.4. The zero-order valence-electron chi connectivity index (χ0n) is 12.0. The first-order chi connectivity index (χ1) is 11.1. The number of halogens is 1. The molecule has 23 heavy (non-hydrogen) atoms. The van der Waals surface area contributed by atoms with Crippen molar-refractivity contribution in [3.8, 4) is 0 Å². The molecule has 1 heterocycles. The first kappa shape index (κ1) is 15.8. The number of thiocarbonyl (C=S) groups is 1. The van der Waals surface area contributed by atoms with Crippen LogP contribution < -0.4 is 10.2 Å². The summed E-state index contributed by atoms with van der Waals surface area (Å²) in [7, 11) is 0. The van der Waals surface area contributed by atoms with E-state index in [1.54, 1.807) is 17.0 Å². The first-order valence-electron chi connectivity index (χ1n) is 7.04. The third kappa shape index (κ3) is 3.33. The number of Topliss-reactive ketones (excluding diaryl/α,β-unsaturated/α-hetero) is 1. The van der Waals surface area contributed by atoms with E-state index in [0.29, 0.717) is 10.7 Å². The Bertz CT molecular complexity index is 762. The van der Waals surface area contributed by atoms with Crippen molar-refractivity contribution in [3.63, 3.8) is 0 Å². The van der Waals surface area contributed by atoms with E-state index in [-0.39, 0.29) is 18.1 Å². The Morgan fingerprint density at radius 1 is 1.13 bits per heavy atom. The summed E-state index contributed by atoms with van der Waals surface area (Å²) in [6.07, 6.45) is 0.0719. The Labute approximate surface area is 147 Å². The van der Waals surface area contributed by atoms with Crippen LogP contribution >= 0.6 is 28.1 Å². The number of hydrogen-bond donors (Lipinski definition) is 1. The van der Waals surface area contributed by atoms with E-state index in [1.165, 1.54) is 0 Å². The molecule has 2 aromatic rings. The lowest BCUT2D eigenvalue weighted by Crippen LogP contribution is -2.36. The lowest BCUT2D eigenvalue weighted by Gasteiger charge is -2.23. The fraction of sp³-hybridized carbons (Fsp3) is 0.118. The highest BCUT2D eigenvalue weighted by Crippen LogP contribution is 2.24. The van der Waals surface area contributed by atoms with Gasteiger partial charge in [0.2, 0.25) is 5.91 Å². The minimum atomic E-state index is -0.624. The highest BCUT2D eigenvalue weighted by Gasteiger charge is 2.38. The molecule has 6 heteroatoms. The number of rotatable bonds is 4. The van der Waals surface area contributed by atoms with E-state index >= 15 is 0 Å². The van der Waals surface area contributed by atoms with E-state index in [1.807, 2.05) is 42.5 Å². The van der Waals surface area contributed by atoms with Crippen molar-refractivity contribution in [1.82, 2.24) is 5.32 Å². The normalized spacial score (nSPS) is 17.3. The van der Waals surface area contributed by atoms with Gasteiger partial charge >= 0.3 is 0 Å². The van der Waals surface area contributed by atoms with Gasteiger partial charge in [0.25, 0.3) is 0 Å². The van der Waals surface area contributed by atoms with Crippen molar-refractivity contribution < 1.29 is 9.59 Å². The number of benzene rings is 2. The van der Waals surface area contributed by atoms with Crippen molar-refractivity contribution in [2.45, 2.75) is 12.5 Å². The summed E-state index contributed by atoms with van der Waals surface area (Å²) in [6, 6.07) is 15.8. The second kappa shape index (κ2) is 6.60. The Morgan fingerprint density at radius 3 is 2.43 bits per heavy atom. The van der Waals surface area contributed by atoms with Gasteiger partial charge in [0.15, 0.2) is 10.9 Å². The predicted molar refractivity (Wildman–Crippen MR) is 96.5 cm³/mol. The van der Waals surface area contributed by atoms with Crippen LogP contribution in [0.5, 0.6) is 0 Å². The summed E-state index contributed by atoms with van der Waals surface area (Å²) in [5.41, 5.74) is 1.37. The average Bonchev–Trinajstić information content (AvgIpc) is 2.82. The first-order valence-corrected chi connectivity index (χ1v) is 8.24. The smallest absolute Gasteiger partial charge is 0.249 e. The molecule has 0 bridgehead atoms. The van der Waals surface area contributed by atoms with Crippen LogP contribution in [0.15, 0.2) is 59.1 Å². The maximum Gasteiger partial charge on any atom is 0.249 e. The molecule has 4 nitrogen and oxygen atoms in total. The van der Waals surface area contributed by atoms with Crippen LogP contribution in [0.2, 0.25) is 0 Å². The summed E-state index contributed by atoms with van der Waals surface area (Å²) < 4.78 is 0.903. The molecule has 0 saturated carbocycles. The Morgan fingerprint density at radius 2 is 1.78 bits per heavy atom. The molecule has 1 saturated heterocycles. The number of carbonyl (C=O) groups is 2. The molecule has 2 aromatic carbocycles. The summed E-state index contributed by atoms with van der Waals surface area (Å²) in [5.74, 6) is -0.340. The molecule has 1 unspecified atom stereocenters. The molecule has 1 amide bonds. The molecular formula is C17H13BrN2O2S. The van der Waals surface area contributed by atoms with Crippen LogP contribution in [0, 0.1) is 0 Å². The summed E-state index contributed by atoms with van der Waals surface area (Å²) >= 11 is 8.58. The summed E-state index contributed by atoms with van der Waals surface area (Å²) in [5, 5.41) is 2.97. The second-order valence-electron chi connectivity index (χ2n) is 5.15. The number of para-hydroxylation sites is 1. The lowest BCUT2D eigenvalue weighted by atomic mass is 10.0. The fourth-order valence-electron chi connectivity index (χ4n) is 2.51. The highest BCUT2D eigenvalue weighted by atomic mass is 79.9. The van der Waals surface area contributed by atoms with Crippen LogP contribution in [-0.2, 0) is 4.79 Å². The van der Waals surface area contributed by atoms with E-state index in [9.17, 15) is 9.59 Å². The average molecular weight is 389 g/mol. The highest BCUT2D eigenvalue weighted by molar-refractivity contribution is 9.10. The molecule has 0 radical (unpaired) electrons. The third-order valence-electron chi connectivity index (χ3n) is 3.64. The quantitative estimate of drug-likeness (QED) is 0.644. The fourth-order valence-corrected chi connectivity index (χ4v) is 3.10. The van der Waals surface area contributed by atoms with E-state index in [0.717, 1.165) is 10.2 Å². The number of hydrogen-bond acceptors (Lipinski definition) is 3. The largest absolute Gasteiger partial charge is 0.306 e. The van der Waals surface area contributed by atoms with Gasteiger partial charge < -0.3 is 10.2 Å². The van der Waals surface area contributed by atoms with Gasteiger partial charge in [-0.05, 0) is 36.5 Å². The van der Waals surface area contributed by atoms with Gasteiger partial charge in [-0.3, -0.25) is 9.59 Å². The number of nitrogens with one attached hydrogen (secondary N) is 1. The summed E-state index contributed by atoms with van der Waals surface area (Å²) in [4.78, 5) is 26.4. The van der Waals surface area contributed by atoms with Gasteiger partial charge in [0.05, 0.1) is 0 Å². The zero-order chi connectivity index (χ0) is 16.4. The molecule has 116 valence electrons. The molecule has 1 aliphatic heterocycles. The maximum absolute atomic E-state index is 12.5. The number of ketones is 1. The molecule has 0 aromatic heterocycles. The van der Waals surface area contributed by atoms with Gasteiger partial charge in [-0.1, -0.05) is 46.3 Å². The van der Waals surface area contributed by atoms with Gasteiger partial charge in [-0.2, -0.15) is 0 Å². The number of carbonyl (C=O) groups excluding carboxylic acids is 2. The number of amides is 1. The predicted octanol–water partition coefficient (Wildman–Crippen LogP) is 3.31. The summed E-state index contributed by atoms with van der Waals surface area (Å²) in [6.45, 7) is 0. The molecule has 0 aliphatic carbocycles. The van der Waals surface area contributed by atoms with Crippen molar-refractivity contribution in [1.29, 1.82) is 0 Å². The molecular weight excluding hydrogens is 376 g/mol. The maximum atomic E-state index is 12.5. The molecule has 1 atom stereocenters. The molecule has 1 N–H and O–H groups in total. The molecule has 1 aliphatic rings. The number of nitrogens with zero attached hydrogens (tertiary/aromatic N) is 1. The van der Waals surface area contributed by atoms with E-state index < -0.39 is 6.04 Å². The van der Waals surface area contributed by atoms with Crippen molar-refractivity contribution in [3.05, 3.63) is 64.6 Å². The lowest BCUT2D eigenvalue weighted by molar-refractivity contribution is -0.119. The Hall–Kier alpha value is -2.05. The van der Waals surface area contributed by atoms with Crippen LogP contribution in [0.4, 0.5) is 5.69 Å². The topological polar surface area (TPSA) is 49.4 Å². The minimum Gasteiger partial charge on any atom is -0.306 e. The van der Waals surface area contributed by atoms with Crippen molar-refractivity contribution >= 4 is 50.6 Å². The van der Waals surface area contributed by atoms with Gasteiger partial charge in [-0.25, -0.2) is 0 Å². The van der Waals surface area contributed by atoms with E-state index in [2.05, 4.69) is 21.2 Å². The monoisotopic (exact) mass is 388 g/mol. The number of anilines is 1. The van der Waals surface area contributed by atoms with Crippen LogP contribution in [0.1, 0.15) is 16.8 Å². The molecule has 0 spiro atoms. The third-order valence-corrected chi connectivity index (χ3v) is 4.47. The molecule has 1 fully saturated rings. The van der Waals surface area contributed by atoms with E-state index in [4.69, 9.17) is 12.2 Å². The van der Waals surface area contributed by atoms with Crippen LogP contribution in [0.25, 0.3) is 0 Å².